The van der Waals surface area contributed by atoms with Crippen molar-refractivity contribution in [2.75, 3.05) is 27.3 Å². The van der Waals surface area contributed by atoms with Crippen molar-refractivity contribution in [3.8, 4) is 11.5 Å². The zero-order chi connectivity index (χ0) is 19.8. The fraction of sp³-hybridized carbons (Fsp3) is 0.333. The number of ether oxygens (including phenoxy) is 2. The average molecular weight is 381 g/mol. The minimum Gasteiger partial charge on any atom is -0.493 e. The van der Waals surface area contributed by atoms with Crippen LogP contribution in [0.2, 0.25) is 0 Å². The van der Waals surface area contributed by atoms with Crippen molar-refractivity contribution in [3.63, 3.8) is 0 Å². The van der Waals surface area contributed by atoms with E-state index in [0.717, 1.165) is 47.5 Å². The molecule has 0 saturated heterocycles. The number of benzene rings is 2. The molecule has 0 saturated carbocycles. The summed E-state index contributed by atoms with van der Waals surface area (Å²) in [4.78, 5) is 8.80. The molecule has 0 spiro atoms. The van der Waals surface area contributed by atoms with Crippen LogP contribution in [0.1, 0.15) is 12.0 Å². The summed E-state index contributed by atoms with van der Waals surface area (Å²) in [5.41, 5.74) is 9.27. The van der Waals surface area contributed by atoms with Crippen LogP contribution in [0, 0.1) is 0 Å². The number of aryl methyl sites for hydroxylation is 1. The quantitative estimate of drug-likeness (QED) is 0.338. The first-order valence-electron chi connectivity index (χ1n) is 9.36. The Labute approximate surface area is 165 Å². The van der Waals surface area contributed by atoms with Crippen LogP contribution in [0.15, 0.2) is 53.8 Å². The highest BCUT2D eigenvalue weighted by Gasteiger charge is 2.04. The molecule has 3 N–H and O–H groups in total. The number of hydrogen-bond acceptors (Lipinski definition) is 4. The van der Waals surface area contributed by atoms with Crippen molar-refractivity contribution in [1.82, 2.24) is 14.9 Å². The van der Waals surface area contributed by atoms with E-state index in [2.05, 4.69) is 25.9 Å². The number of aliphatic imine (C=N–C) groups is 1. The Kier molecular flexibility index (Phi) is 6.73. The van der Waals surface area contributed by atoms with Gasteiger partial charge in [0.1, 0.15) is 0 Å². The summed E-state index contributed by atoms with van der Waals surface area (Å²) in [7, 11) is 3.27. The van der Waals surface area contributed by atoms with Crippen LogP contribution in [0.4, 0.5) is 0 Å². The summed E-state index contributed by atoms with van der Waals surface area (Å²) in [5, 5.41) is 3.16. The molecule has 0 unspecified atom stereocenters. The van der Waals surface area contributed by atoms with Crippen LogP contribution >= 0.6 is 0 Å². The first-order valence-corrected chi connectivity index (χ1v) is 9.36. The maximum atomic E-state index is 5.96. The first-order chi connectivity index (χ1) is 13.7. The number of nitrogens with one attached hydrogen (secondary N) is 1. The van der Waals surface area contributed by atoms with Gasteiger partial charge < -0.3 is 25.1 Å². The predicted molar refractivity (Wildman–Crippen MR) is 112 cm³/mol. The zero-order valence-electron chi connectivity index (χ0n) is 16.4. The zero-order valence-corrected chi connectivity index (χ0v) is 16.4. The maximum absolute atomic E-state index is 5.96. The Morgan fingerprint density at radius 1 is 1.14 bits per heavy atom. The molecule has 28 heavy (non-hydrogen) atoms. The number of imidazole rings is 1. The lowest BCUT2D eigenvalue weighted by molar-refractivity contribution is 0.354. The smallest absolute Gasteiger partial charge is 0.188 e. The minimum absolute atomic E-state index is 0.468. The van der Waals surface area contributed by atoms with Gasteiger partial charge in [-0.2, -0.15) is 0 Å². The third kappa shape index (κ3) is 4.94. The van der Waals surface area contributed by atoms with Gasteiger partial charge in [0, 0.05) is 19.6 Å². The van der Waals surface area contributed by atoms with E-state index in [1.54, 1.807) is 14.2 Å². The van der Waals surface area contributed by atoms with Crippen LogP contribution in [0.25, 0.3) is 11.0 Å². The summed E-state index contributed by atoms with van der Waals surface area (Å²) in [6.07, 6.45) is 3.59. The summed E-state index contributed by atoms with van der Waals surface area (Å²) >= 11 is 0. The molecular weight excluding hydrogens is 354 g/mol. The molecule has 0 aliphatic rings. The SMILES string of the molecule is COc1ccc(CCNC(N)=NCCCn2cnc3ccccc32)cc1OC. The second-order valence-electron chi connectivity index (χ2n) is 6.41. The molecule has 3 rings (SSSR count). The summed E-state index contributed by atoms with van der Waals surface area (Å²) in [5.74, 6) is 1.93. The van der Waals surface area contributed by atoms with Gasteiger partial charge in [-0.3, -0.25) is 4.99 Å². The largest absolute Gasteiger partial charge is 0.493 e. The van der Waals surface area contributed by atoms with Gasteiger partial charge in [-0.1, -0.05) is 18.2 Å². The van der Waals surface area contributed by atoms with Gasteiger partial charge in [-0.25, -0.2) is 4.98 Å². The van der Waals surface area contributed by atoms with E-state index in [1.807, 2.05) is 42.7 Å². The second kappa shape index (κ2) is 9.64. The number of guanidine groups is 1. The van der Waals surface area contributed by atoms with Gasteiger partial charge in [-0.05, 0) is 42.7 Å². The van der Waals surface area contributed by atoms with Crippen LogP contribution in [0.3, 0.4) is 0 Å². The Balaban J connectivity index is 1.41. The molecule has 0 bridgehead atoms. The summed E-state index contributed by atoms with van der Waals surface area (Å²) in [6, 6.07) is 14.0. The fourth-order valence-corrected chi connectivity index (χ4v) is 3.06. The third-order valence-electron chi connectivity index (χ3n) is 4.53. The third-order valence-corrected chi connectivity index (χ3v) is 4.53. The Morgan fingerprint density at radius 3 is 2.79 bits per heavy atom. The lowest BCUT2D eigenvalue weighted by Crippen LogP contribution is -2.33. The van der Waals surface area contributed by atoms with E-state index in [1.165, 1.54) is 0 Å². The fourth-order valence-electron chi connectivity index (χ4n) is 3.06. The number of rotatable bonds is 9. The van der Waals surface area contributed by atoms with Crippen molar-refractivity contribution >= 4 is 17.0 Å². The maximum Gasteiger partial charge on any atom is 0.188 e. The van der Waals surface area contributed by atoms with Crippen molar-refractivity contribution in [3.05, 3.63) is 54.4 Å². The number of methoxy groups -OCH3 is 2. The molecular formula is C21H27N5O2. The van der Waals surface area contributed by atoms with E-state index >= 15 is 0 Å². The molecule has 0 aliphatic heterocycles. The van der Waals surface area contributed by atoms with E-state index in [9.17, 15) is 0 Å². The number of hydrogen-bond donors (Lipinski definition) is 2. The van der Waals surface area contributed by atoms with Crippen molar-refractivity contribution in [2.24, 2.45) is 10.7 Å². The molecule has 0 aliphatic carbocycles. The van der Waals surface area contributed by atoms with Crippen LogP contribution in [-0.2, 0) is 13.0 Å². The molecule has 0 fully saturated rings. The highest BCUT2D eigenvalue weighted by molar-refractivity contribution is 5.77. The topological polar surface area (TPSA) is 86.7 Å². The van der Waals surface area contributed by atoms with Gasteiger partial charge in [0.25, 0.3) is 0 Å². The molecule has 0 amide bonds. The molecule has 7 heteroatoms. The van der Waals surface area contributed by atoms with E-state index in [4.69, 9.17) is 15.2 Å². The number of nitrogens with two attached hydrogens (primary N) is 1. The molecule has 7 nitrogen and oxygen atoms in total. The Morgan fingerprint density at radius 2 is 1.96 bits per heavy atom. The van der Waals surface area contributed by atoms with E-state index in [0.29, 0.717) is 19.0 Å². The monoisotopic (exact) mass is 381 g/mol. The van der Waals surface area contributed by atoms with Crippen LogP contribution in [-0.4, -0.2) is 42.8 Å². The Hall–Kier alpha value is -3.22. The molecule has 2 aromatic carbocycles. The predicted octanol–water partition coefficient (Wildman–Crippen LogP) is 2.59. The molecule has 1 aromatic heterocycles. The molecule has 148 valence electrons. The van der Waals surface area contributed by atoms with Crippen LogP contribution in [0.5, 0.6) is 11.5 Å². The van der Waals surface area contributed by atoms with Crippen molar-refractivity contribution in [2.45, 2.75) is 19.4 Å². The van der Waals surface area contributed by atoms with Crippen molar-refractivity contribution in [1.29, 1.82) is 0 Å². The number of para-hydroxylation sites is 2. The first kappa shape index (κ1) is 19.5. The highest BCUT2D eigenvalue weighted by atomic mass is 16.5. The van der Waals surface area contributed by atoms with E-state index < -0.39 is 0 Å². The normalized spacial score (nSPS) is 11.6. The summed E-state index contributed by atoms with van der Waals surface area (Å²) < 4.78 is 12.7. The highest BCUT2D eigenvalue weighted by Crippen LogP contribution is 2.27. The molecule has 1 heterocycles. The molecule has 0 radical (unpaired) electrons. The summed E-state index contributed by atoms with van der Waals surface area (Å²) in [6.45, 7) is 2.24. The lowest BCUT2D eigenvalue weighted by Gasteiger charge is -2.10. The van der Waals surface area contributed by atoms with Gasteiger partial charge in [0.15, 0.2) is 17.5 Å². The lowest BCUT2D eigenvalue weighted by atomic mass is 10.1. The van der Waals surface area contributed by atoms with E-state index in [-0.39, 0.29) is 0 Å². The Bertz CT molecular complexity index is 935. The van der Waals surface area contributed by atoms with Crippen molar-refractivity contribution < 1.29 is 9.47 Å². The number of fused-ring (bicyclic) bond motifs is 1. The van der Waals surface area contributed by atoms with Gasteiger partial charge in [-0.15, -0.1) is 0 Å². The average Bonchev–Trinajstić information content (AvgIpc) is 3.14. The van der Waals surface area contributed by atoms with Gasteiger partial charge in [0.05, 0.1) is 31.6 Å². The number of aromatic nitrogens is 2. The van der Waals surface area contributed by atoms with Gasteiger partial charge >= 0.3 is 0 Å². The molecule has 3 aromatic rings. The minimum atomic E-state index is 0.468. The molecule has 0 atom stereocenters. The standard InChI is InChI=1S/C21H27N5O2/c1-27-19-9-8-16(14-20(19)28-2)10-12-24-21(22)23-11-5-13-26-15-25-17-6-3-4-7-18(17)26/h3-4,6-9,14-15H,5,10-13H2,1-2H3,(H3,22,23,24). The van der Waals surface area contributed by atoms with Crippen LogP contribution < -0.4 is 20.5 Å². The number of nitrogens with zero attached hydrogens (tertiary/aromatic N) is 3. The second-order valence-corrected chi connectivity index (χ2v) is 6.41. The van der Waals surface area contributed by atoms with Gasteiger partial charge in [0.2, 0.25) is 0 Å².